The van der Waals surface area contributed by atoms with E-state index in [1.807, 2.05) is 24.3 Å². The van der Waals surface area contributed by atoms with E-state index in [0.29, 0.717) is 6.42 Å². The van der Waals surface area contributed by atoms with Crippen LogP contribution >= 0.6 is 0 Å². The number of rotatable bonds is 6. The predicted octanol–water partition coefficient (Wildman–Crippen LogP) is 0.503. The minimum Gasteiger partial charge on any atom is -0.497 e. The van der Waals surface area contributed by atoms with Crippen LogP contribution in [0.1, 0.15) is 12.5 Å². The summed E-state index contributed by atoms with van der Waals surface area (Å²) in [6.45, 7) is 1.65. The minimum atomic E-state index is -3.12. The van der Waals surface area contributed by atoms with Gasteiger partial charge in [-0.25, -0.2) is 8.42 Å². The second-order valence-electron chi connectivity index (χ2n) is 4.36. The number of nitrogens with two attached hydrogens (primary N) is 1. The summed E-state index contributed by atoms with van der Waals surface area (Å²) in [7, 11) is -1.53. The van der Waals surface area contributed by atoms with Crippen LogP contribution in [0.2, 0.25) is 0 Å². The van der Waals surface area contributed by atoms with Crippen molar-refractivity contribution in [3.05, 3.63) is 29.8 Å². The van der Waals surface area contributed by atoms with Crippen LogP contribution in [0.15, 0.2) is 24.3 Å². The molecule has 0 aliphatic rings. The molecular weight excluding hydrogens is 252 g/mol. The van der Waals surface area contributed by atoms with Gasteiger partial charge in [0.05, 0.1) is 12.4 Å². The smallest absolute Gasteiger partial charge is 0.151 e. The van der Waals surface area contributed by atoms with E-state index >= 15 is 0 Å². The molecule has 1 aromatic carbocycles. The maximum Gasteiger partial charge on any atom is 0.151 e. The number of hydrogen-bond acceptors (Lipinski definition) is 5. The second kappa shape index (κ2) is 6.17. The molecule has 0 bridgehead atoms. The number of hydrazine groups is 1. The lowest BCUT2D eigenvalue weighted by atomic mass is 10.0. The number of hydrogen-bond donors (Lipinski definition) is 2. The second-order valence-corrected chi connectivity index (χ2v) is 6.77. The molecule has 0 spiro atoms. The quantitative estimate of drug-likeness (QED) is 0.582. The highest BCUT2D eigenvalue weighted by molar-refractivity contribution is 7.91. The van der Waals surface area contributed by atoms with Gasteiger partial charge in [-0.2, -0.15) is 0 Å². The Bertz CT molecular complexity index is 488. The van der Waals surface area contributed by atoms with Crippen molar-refractivity contribution in [3.8, 4) is 5.75 Å². The largest absolute Gasteiger partial charge is 0.497 e. The molecule has 2 atom stereocenters. The van der Waals surface area contributed by atoms with Gasteiger partial charge in [0.15, 0.2) is 9.84 Å². The minimum absolute atomic E-state index is 0.327. The highest BCUT2D eigenvalue weighted by atomic mass is 32.2. The van der Waals surface area contributed by atoms with E-state index in [4.69, 9.17) is 10.6 Å². The molecule has 102 valence electrons. The summed E-state index contributed by atoms with van der Waals surface area (Å²) in [6, 6.07) is 7.18. The molecule has 5 nitrogen and oxygen atoms in total. The van der Waals surface area contributed by atoms with Crippen molar-refractivity contribution in [1.29, 1.82) is 0 Å². The summed E-state index contributed by atoms with van der Waals surface area (Å²) < 4.78 is 28.2. The van der Waals surface area contributed by atoms with Crippen molar-refractivity contribution in [2.45, 2.75) is 24.6 Å². The number of methoxy groups -OCH3 is 1. The molecule has 1 rings (SSSR count). The van der Waals surface area contributed by atoms with E-state index in [2.05, 4.69) is 5.43 Å². The molecule has 1 aromatic rings. The first-order valence-corrected chi connectivity index (χ1v) is 7.62. The van der Waals surface area contributed by atoms with E-state index in [-0.39, 0.29) is 6.04 Å². The predicted molar refractivity (Wildman–Crippen MR) is 72.1 cm³/mol. The molecule has 3 N–H and O–H groups in total. The van der Waals surface area contributed by atoms with E-state index in [9.17, 15) is 8.42 Å². The third kappa shape index (κ3) is 3.97. The Balaban J connectivity index is 2.86. The topological polar surface area (TPSA) is 81.4 Å². The SMILES string of the molecule is COc1cccc(CC(NN)C(C)S(C)(=O)=O)c1. The third-order valence-electron chi connectivity index (χ3n) is 3.05. The van der Waals surface area contributed by atoms with E-state index in [0.717, 1.165) is 11.3 Å². The van der Waals surface area contributed by atoms with Crippen LogP contribution in [-0.2, 0) is 16.3 Å². The first kappa shape index (κ1) is 14.9. The molecule has 0 heterocycles. The average molecular weight is 272 g/mol. The summed E-state index contributed by atoms with van der Waals surface area (Å²) in [6.07, 6.45) is 1.75. The maximum atomic E-state index is 11.5. The van der Waals surface area contributed by atoms with E-state index in [1.54, 1.807) is 14.0 Å². The van der Waals surface area contributed by atoms with Crippen LogP contribution < -0.4 is 16.0 Å². The van der Waals surface area contributed by atoms with Gasteiger partial charge in [-0.15, -0.1) is 0 Å². The van der Waals surface area contributed by atoms with Gasteiger partial charge in [0.25, 0.3) is 0 Å². The standard InChI is InChI=1S/C12H20N2O3S/c1-9(18(3,15)16)12(14-13)8-10-5-4-6-11(7-10)17-2/h4-7,9,12,14H,8,13H2,1-3H3. The molecule has 0 radical (unpaired) electrons. The molecule has 0 aliphatic heterocycles. The lowest BCUT2D eigenvalue weighted by Gasteiger charge is -2.22. The summed E-state index contributed by atoms with van der Waals surface area (Å²) >= 11 is 0. The number of nitrogens with one attached hydrogen (secondary N) is 1. The van der Waals surface area contributed by atoms with E-state index < -0.39 is 15.1 Å². The number of ether oxygens (including phenoxy) is 1. The van der Waals surface area contributed by atoms with Crippen LogP contribution in [0.25, 0.3) is 0 Å². The number of sulfone groups is 1. The van der Waals surface area contributed by atoms with Gasteiger partial charge in [0.1, 0.15) is 5.75 Å². The van der Waals surface area contributed by atoms with Crippen LogP contribution in [0.4, 0.5) is 0 Å². The zero-order valence-corrected chi connectivity index (χ0v) is 11.7. The molecule has 0 amide bonds. The van der Waals surface area contributed by atoms with Crippen LogP contribution in [0.5, 0.6) is 5.75 Å². The summed E-state index contributed by atoms with van der Waals surface area (Å²) in [5.74, 6) is 6.19. The van der Waals surface area contributed by atoms with Crippen molar-refractivity contribution >= 4 is 9.84 Å². The Hall–Kier alpha value is -1.11. The molecular formula is C12H20N2O3S. The highest BCUT2D eigenvalue weighted by Crippen LogP contribution is 2.16. The summed E-state index contributed by atoms with van der Waals surface area (Å²) in [5, 5.41) is -0.547. The van der Waals surface area contributed by atoms with Gasteiger partial charge in [-0.1, -0.05) is 12.1 Å². The van der Waals surface area contributed by atoms with Gasteiger partial charge in [-0.05, 0) is 31.0 Å². The Labute approximate surface area is 108 Å². The van der Waals surface area contributed by atoms with Crippen LogP contribution in [0.3, 0.4) is 0 Å². The zero-order valence-electron chi connectivity index (χ0n) is 10.9. The van der Waals surface area contributed by atoms with Crippen molar-refractivity contribution in [2.24, 2.45) is 5.84 Å². The maximum absolute atomic E-state index is 11.5. The van der Waals surface area contributed by atoms with Gasteiger partial charge < -0.3 is 4.74 Å². The van der Waals surface area contributed by atoms with Gasteiger partial charge in [0.2, 0.25) is 0 Å². The van der Waals surface area contributed by atoms with Crippen molar-refractivity contribution in [2.75, 3.05) is 13.4 Å². The van der Waals surface area contributed by atoms with E-state index in [1.165, 1.54) is 6.26 Å². The fraction of sp³-hybridized carbons (Fsp3) is 0.500. The van der Waals surface area contributed by atoms with Gasteiger partial charge in [-0.3, -0.25) is 11.3 Å². The lowest BCUT2D eigenvalue weighted by molar-refractivity contribution is 0.413. The highest BCUT2D eigenvalue weighted by Gasteiger charge is 2.25. The Morgan fingerprint density at radius 1 is 1.44 bits per heavy atom. The van der Waals surface area contributed by atoms with Crippen molar-refractivity contribution < 1.29 is 13.2 Å². The zero-order chi connectivity index (χ0) is 13.8. The molecule has 0 saturated carbocycles. The Morgan fingerprint density at radius 2 is 2.11 bits per heavy atom. The molecule has 0 aliphatic carbocycles. The molecule has 18 heavy (non-hydrogen) atoms. The molecule has 0 fully saturated rings. The molecule has 2 unspecified atom stereocenters. The summed E-state index contributed by atoms with van der Waals surface area (Å²) in [5.41, 5.74) is 3.55. The fourth-order valence-corrected chi connectivity index (χ4v) is 2.48. The Morgan fingerprint density at radius 3 is 2.61 bits per heavy atom. The number of benzene rings is 1. The molecule has 6 heteroatoms. The van der Waals surface area contributed by atoms with Crippen LogP contribution in [0, 0.1) is 0 Å². The molecule has 0 aromatic heterocycles. The van der Waals surface area contributed by atoms with Crippen LogP contribution in [-0.4, -0.2) is 33.1 Å². The fourth-order valence-electron chi connectivity index (χ4n) is 1.71. The van der Waals surface area contributed by atoms with Gasteiger partial charge in [0, 0.05) is 12.3 Å². The lowest BCUT2D eigenvalue weighted by Crippen LogP contribution is -2.47. The van der Waals surface area contributed by atoms with Crippen molar-refractivity contribution in [1.82, 2.24) is 5.43 Å². The third-order valence-corrected chi connectivity index (χ3v) is 4.73. The first-order valence-electron chi connectivity index (χ1n) is 5.66. The normalized spacial score (nSPS) is 15.1. The van der Waals surface area contributed by atoms with Crippen molar-refractivity contribution in [3.63, 3.8) is 0 Å². The molecule has 0 saturated heterocycles. The summed E-state index contributed by atoms with van der Waals surface area (Å²) in [4.78, 5) is 0. The average Bonchev–Trinajstić information content (AvgIpc) is 2.34. The first-order chi connectivity index (χ1) is 8.38. The monoisotopic (exact) mass is 272 g/mol. The van der Waals surface area contributed by atoms with Gasteiger partial charge >= 0.3 is 0 Å². The Kier molecular flexibility index (Phi) is 5.13.